The zero-order valence-electron chi connectivity index (χ0n) is 12.2. The summed E-state index contributed by atoms with van der Waals surface area (Å²) >= 11 is 0. The van der Waals surface area contributed by atoms with E-state index in [2.05, 4.69) is 15.5 Å². The number of rotatable bonds is 2. The fraction of sp³-hybridized carbons (Fsp3) is 0.571. The lowest BCUT2D eigenvalue weighted by atomic mass is 9.88. The number of nitrogens with zero attached hydrogens (tertiary/aromatic N) is 2. The van der Waals surface area contributed by atoms with Gasteiger partial charge in [0.1, 0.15) is 0 Å². The number of aromatic nitrogens is 2. The molecule has 1 aromatic heterocycles. The number of hydrogen-bond acceptors (Lipinski definition) is 5. The van der Waals surface area contributed by atoms with Crippen molar-refractivity contribution in [2.45, 2.75) is 40.2 Å². The summed E-state index contributed by atoms with van der Waals surface area (Å²) in [5, 5.41) is 10.8. The molecular formula is C14H19N3O3. The molecule has 0 spiro atoms. The maximum Gasteiger partial charge on any atom is 0.359 e. The summed E-state index contributed by atoms with van der Waals surface area (Å²) in [6.45, 7) is 8.16. The van der Waals surface area contributed by atoms with E-state index < -0.39 is 5.97 Å². The maximum absolute atomic E-state index is 12.1. The Bertz CT molecular complexity index is 553. The molecule has 2 rings (SSSR count). The van der Waals surface area contributed by atoms with Crippen LogP contribution in [0.5, 0.6) is 0 Å². The molecule has 1 aromatic rings. The molecule has 0 saturated carbocycles. The first kappa shape index (κ1) is 14.4. The number of amides is 1. The van der Waals surface area contributed by atoms with Gasteiger partial charge in [-0.1, -0.05) is 13.8 Å². The fourth-order valence-corrected chi connectivity index (χ4v) is 2.05. The first-order chi connectivity index (χ1) is 9.28. The van der Waals surface area contributed by atoms with Crippen LogP contribution in [0.1, 0.15) is 54.2 Å². The largest absolute Gasteiger partial charge is 0.458 e. The van der Waals surface area contributed by atoms with Gasteiger partial charge in [-0.25, -0.2) is 4.79 Å². The Kier molecular flexibility index (Phi) is 3.74. The zero-order chi connectivity index (χ0) is 14.9. The first-order valence-electron chi connectivity index (χ1n) is 6.64. The molecule has 0 unspecified atom stereocenters. The Morgan fingerprint density at radius 2 is 2.10 bits per heavy atom. The number of hydrogen-bond donors (Lipinski definition) is 1. The van der Waals surface area contributed by atoms with Crippen LogP contribution in [0.2, 0.25) is 0 Å². The second kappa shape index (κ2) is 5.19. The zero-order valence-corrected chi connectivity index (χ0v) is 12.2. The Hall–Kier alpha value is -1.98. The van der Waals surface area contributed by atoms with Gasteiger partial charge in [0.15, 0.2) is 5.69 Å². The van der Waals surface area contributed by atoms with Gasteiger partial charge >= 0.3 is 5.97 Å². The van der Waals surface area contributed by atoms with Crippen LogP contribution in [0.4, 0.5) is 0 Å². The van der Waals surface area contributed by atoms with E-state index in [1.54, 1.807) is 13.8 Å². The van der Waals surface area contributed by atoms with E-state index in [0.717, 1.165) is 0 Å². The average Bonchev–Trinajstić information content (AvgIpc) is 2.45. The van der Waals surface area contributed by atoms with E-state index in [4.69, 9.17) is 4.74 Å². The first-order valence-corrected chi connectivity index (χ1v) is 6.64. The molecule has 108 valence electrons. The fourth-order valence-electron chi connectivity index (χ4n) is 2.05. The van der Waals surface area contributed by atoms with E-state index >= 15 is 0 Å². The van der Waals surface area contributed by atoms with Crippen molar-refractivity contribution in [1.82, 2.24) is 15.5 Å². The Labute approximate surface area is 117 Å². The summed E-state index contributed by atoms with van der Waals surface area (Å²) in [5.74, 6) is -0.786. The number of esters is 1. The van der Waals surface area contributed by atoms with Crippen LogP contribution in [-0.4, -0.2) is 34.7 Å². The Morgan fingerprint density at radius 1 is 1.40 bits per heavy atom. The third-order valence-corrected chi connectivity index (χ3v) is 3.04. The standard InChI is InChI=1S/C14H19N3O3/c1-8(2)20-13(19)10-5-9-11(17-16-10)6-14(3,4)7-15-12(9)18/h5,8H,6-7H2,1-4H3,(H,15,18). The SMILES string of the molecule is CC(C)OC(=O)c1cc2c(nn1)CC(C)(C)CNC2=O. The highest BCUT2D eigenvalue weighted by atomic mass is 16.5. The van der Waals surface area contributed by atoms with Gasteiger partial charge in [0, 0.05) is 6.54 Å². The summed E-state index contributed by atoms with van der Waals surface area (Å²) in [6.07, 6.45) is 0.393. The van der Waals surface area contributed by atoms with Crippen LogP contribution in [0, 0.1) is 5.41 Å². The molecule has 0 aliphatic carbocycles. The second-order valence-electron chi connectivity index (χ2n) is 6.07. The predicted molar refractivity (Wildman–Crippen MR) is 72.4 cm³/mol. The van der Waals surface area contributed by atoms with Crippen LogP contribution in [0.3, 0.4) is 0 Å². The van der Waals surface area contributed by atoms with Gasteiger partial charge < -0.3 is 10.1 Å². The normalized spacial score (nSPS) is 17.1. The molecule has 1 aliphatic heterocycles. The second-order valence-corrected chi connectivity index (χ2v) is 6.07. The molecule has 6 heteroatoms. The highest BCUT2D eigenvalue weighted by Crippen LogP contribution is 2.25. The molecule has 2 heterocycles. The van der Waals surface area contributed by atoms with Crippen molar-refractivity contribution in [3.8, 4) is 0 Å². The average molecular weight is 277 g/mol. The Balaban J connectivity index is 2.35. The van der Waals surface area contributed by atoms with E-state index in [1.165, 1.54) is 6.07 Å². The Morgan fingerprint density at radius 3 is 2.75 bits per heavy atom. The minimum Gasteiger partial charge on any atom is -0.458 e. The molecule has 6 nitrogen and oxygen atoms in total. The van der Waals surface area contributed by atoms with Crippen molar-refractivity contribution in [3.05, 3.63) is 23.0 Å². The van der Waals surface area contributed by atoms with E-state index in [1.807, 2.05) is 13.8 Å². The van der Waals surface area contributed by atoms with Crippen molar-refractivity contribution >= 4 is 11.9 Å². The van der Waals surface area contributed by atoms with Crippen LogP contribution in [0.15, 0.2) is 6.07 Å². The van der Waals surface area contributed by atoms with Gasteiger partial charge in [-0.2, -0.15) is 5.10 Å². The summed E-state index contributed by atoms with van der Waals surface area (Å²) in [4.78, 5) is 23.9. The van der Waals surface area contributed by atoms with Crippen molar-refractivity contribution in [1.29, 1.82) is 0 Å². The lowest BCUT2D eigenvalue weighted by Gasteiger charge is -2.21. The number of carbonyl (C=O) groups is 2. The van der Waals surface area contributed by atoms with Gasteiger partial charge in [-0.15, -0.1) is 5.10 Å². The molecule has 20 heavy (non-hydrogen) atoms. The predicted octanol–water partition coefficient (Wildman–Crippen LogP) is 1.35. The van der Waals surface area contributed by atoms with Crippen LogP contribution >= 0.6 is 0 Å². The molecule has 0 radical (unpaired) electrons. The molecule has 1 amide bonds. The summed E-state index contributed by atoms with van der Waals surface area (Å²) in [7, 11) is 0. The minimum atomic E-state index is -0.563. The van der Waals surface area contributed by atoms with Gasteiger partial charge in [-0.05, 0) is 31.7 Å². The highest BCUT2D eigenvalue weighted by Gasteiger charge is 2.29. The van der Waals surface area contributed by atoms with Crippen molar-refractivity contribution in [2.24, 2.45) is 5.41 Å². The summed E-state index contributed by atoms with van der Waals surface area (Å²) in [5.41, 5.74) is 0.995. The monoisotopic (exact) mass is 277 g/mol. The van der Waals surface area contributed by atoms with E-state index in [9.17, 15) is 9.59 Å². The minimum absolute atomic E-state index is 0.0623. The number of ether oxygens (including phenoxy) is 1. The van der Waals surface area contributed by atoms with Crippen molar-refractivity contribution in [2.75, 3.05) is 6.54 Å². The number of fused-ring (bicyclic) bond motifs is 1. The topological polar surface area (TPSA) is 81.2 Å². The number of nitrogens with one attached hydrogen (secondary N) is 1. The van der Waals surface area contributed by atoms with Gasteiger partial charge in [0.25, 0.3) is 5.91 Å². The summed E-state index contributed by atoms with van der Waals surface area (Å²) < 4.78 is 5.06. The molecule has 0 fully saturated rings. The van der Waals surface area contributed by atoms with Crippen molar-refractivity contribution in [3.63, 3.8) is 0 Å². The van der Waals surface area contributed by atoms with Crippen LogP contribution in [-0.2, 0) is 11.2 Å². The molecule has 0 bridgehead atoms. The number of carbonyl (C=O) groups excluding carboxylic acids is 2. The third kappa shape index (κ3) is 3.12. The van der Waals surface area contributed by atoms with Gasteiger partial charge in [-0.3, -0.25) is 4.79 Å². The lowest BCUT2D eigenvalue weighted by molar-refractivity contribution is 0.0369. The van der Waals surface area contributed by atoms with Crippen LogP contribution < -0.4 is 5.32 Å². The molecule has 0 saturated heterocycles. The molecule has 0 atom stereocenters. The lowest BCUT2D eigenvalue weighted by Crippen LogP contribution is -2.31. The molecule has 1 aliphatic rings. The third-order valence-electron chi connectivity index (χ3n) is 3.04. The molecule has 1 N–H and O–H groups in total. The summed E-state index contributed by atoms with van der Waals surface area (Å²) in [6, 6.07) is 1.46. The van der Waals surface area contributed by atoms with E-state index in [-0.39, 0.29) is 23.1 Å². The van der Waals surface area contributed by atoms with Gasteiger partial charge in [0.2, 0.25) is 0 Å². The van der Waals surface area contributed by atoms with E-state index in [0.29, 0.717) is 24.2 Å². The van der Waals surface area contributed by atoms with Crippen molar-refractivity contribution < 1.29 is 14.3 Å². The molecular weight excluding hydrogens is 258 g/mol. The van der Waals surface area contributed by atoms with Gasteiger partial charge in [0.05, 0.1) is 17.4 Å². The quantitative estimate of drug-likeness (QED) is 0.825. The maximum atomic E-state index is 12.1. The smallest absolute Gasteiger partial charge is 0.359 e. The highest BCUT2D eigenvalue weighted by molar-refractivity contribution is 5.98. The molecule has 0 aromatic carbocycles. The van der Waals surface area contributed by atoms with Crippen LogP contribution in [0.25, 0.3) is 0 Å².